The molecule has 0 aliphatic heterocycles. The van der Waals surface area contributed by atoms with Crippen LogP contribution in [0.15, 0.2) is 23.8 Å². The van der Waals surface area contributed by atoms with Crippen LogP contribution in [0.3, 0.4) is 0 Å². The van der Waals surface area contributed by atoms with Crippen molar-refractivity contribution in [2.24, 2.45) is 17.2 Å². The first-order valence-corrected chi connectivity index (χ1v) is 3.30. The molecule has 0 bridgehead atoms. The van der Waals surface area contributed by atoms with Gasteiger partial charge in [0.1, 0.15) is 0 Å². The lowest BCUT2D eigenvalue weighted by Crippen LogP contribution is -2.47. The molecular weight excluding hydrogens is 126 g/mol. The molecule has 0 aromatic rings. The summed E-state index contributed by atoms with van der Waals surface area (Å²) < 4.78 is 0. The van der Waals surface area contributed by atoms with E-state index in [4.69, 9.17) is 17.2 Å². The fraction of sp³-hybridized carbons (Fsp3) is 0.429. The largest absolute Gasteiger partial charge is 0.327 e. The quantitative estimate of drug-likeness (QED) is 0.426. The van der Waals surface area contributed by atoms with Gasteiger partial charge in [-0.05, 0) is 11.6 Å². The minimum Gasteiger partial charge on any atom is -0.327 e. The van der Waals surface area contributed by atoms with Crippen LogP contribution in [0, 0.1) is 0 Å². The summed E-state index contributed by atoms with van der Waals surface area (Å²) in [7, 11) is 0. The molecular formula is C7H13N3. The second kappa shape index (κ2) is 2.54. The van der Waals surface area contributed by atoms with E-state index in [2.05, 4.69) is 0 Å². The van der Waals surface area contributed by atoms with E-state index < -0.39 is 5.66 Å². The molecule has 1 aliphatic rings. The average molecular weight is 139 g/mol. The number of hydrogen-bond acceptors (Lipinski definition) is 3. The maximum absolute atomic E-state index is 5.60. The van der Waals surface area contributed by atoms with E-state index in [1.54, 1.807) is 6.08 Å². The van der Waals surface area contributed by atoms with Crippen LogP contribution in [0.1, 0.15) is 6.42 Å². The molecule has 0 heterocycles. The number of nitrogens with two attached hydrogens (primary N) is 3. The Labute approximate surface area is 60.6 Å². The Morgan fingerprint density at radius 3 is 2.60 bits per heavy atom. The fourth-order valence-corrected chi connectivity index (χ4v) is 0.858. The highest BCUT2D eigenvalue weighted by Crippen LogP contribution is 2.12. The predicted octanol–water partition coefficient (Wildman–Crippen LogP) is -0.555. The third-order valence-corrected chi connectivity index (χ3v) is 1.56. The number of hydrogen-bond donors (Lipinski definition) is 3. The second-order valence-corrected chi connectivity index (χ2v) is 2.63. The molecule has 0 saturated carbocycles. The highest BCUT2D eigenvalue weighted by Gasteiger charge is 2.15. The predicted molar refractivity (Wildman–Crippen MR) is 42.0 cm³/mol. The highest BCUT2D eigenvalue weighted by atomic mass is 14.9. The first-order valence-electron chi connectivity index (χ1n) is 3.30. The van der Waals surface area contributed by atoms with Gasteiger partial charge in [0, 0.05) is 13.0 Å². The molecule has 0 saturated heterocycles. The first kappa shape index (κ1) is 7.47. The van der Waals surface area contributed by atoms with E-state index >= 15 is 0 Å². The minimum absolute atomic E-state index is 0.562. The van der Waals surface area contributed by atoms with Crippen molar-refractivity contribution in [3.63, 3.8) is 0 Å². The molecule has 0 amide bonds. The maximum atomic E-state index is 5.60. The summed E-state index contributed by atoms with van der Waals surface area (Å²) >= 11 is 0. The van der Waals surface area contributed by atoms with E-state index in [1.165, 1.54) is 0 Å². The van der Waals surface area contributed by atoms with E-state index in [9.17, 15) is 0 Å². The van der Waals surface area contributed by atoms with Gasteiger partial charge in [-0.1, -0.05) is 12.2 Å². The summed E-state index contributed by atoms with van der Waals surface area (Å²) in [5.74, 6) is 0. The Morgan fingerprint density at radius 1 is 1.50 bits per heavy atom. The van der Waals surface area contributed by atoms with Crippen molar-refractivity contribution in [1.29, 1.82) is 0 Å². The van der Waals surface area contributed by atoms with E-state index in [0.717, 1.165) is 5.57 Å². The van der Waals surface area contributed by atoms with Crippen LogP contribution in [-0.2, 0) is 0 Å². The Hall–Kier alpha value is -0.640. The van der Waals surface area contributed by atoms with E-state index in [0.29, 0.717) is 13.0 Å². The van der Waals surface area contributed by atoms with Crippen LogP contribution < -0.4 is 17.2 Å². The van der Waals surface area contributed by atoms with Crippen molar-refractivity contribution in [3.05, 3.63) is 23.8 Å². The van der Waals surface area contributed by atoms with Gasteiger partial charge in [-0.25, -0.2) is 0 Å². The van der Waals surface area contributed by atoms with Gasteiger partial charge < -0.3 is 17.2 Å². The lowest BCUT2D eigenvalue weighted by Gasteiger charge is -2.21. The zero-order chi connectivity index (χ0) is 7.61. The summed E-state index contributed by atoms with van der Waals surface area (Å²) in [6.07, 6.45) is 6.31. The molecule has 56 valence electrons. The average Bonchev–Trinajstić information content (AvgIpc) is 1.88. The molecule has 3 nitrogen and oxygen atoms in total. The monoisotopic (exact) mass is 139 g/mol. The van der Waals surface area contributed by atoms with Gasteiger partial charge in [0.05, 0.1) is 5.66 Å². The maximum Gasteiger partial charge on any atom is 0.0867 e. The first-order chi connectivity index (χ1) is 4.64. The Kier molecular flexibility index (Phi) is 1.89. The molecule has 0 aromatic carbocycles. The zero-order valence-corrected chi connectivity index (χ0v) is 5.88. The highest BCUT2D eigenvalue weighted by molar-refractivity contribution is 5.28. The van der Waals surface area contributed by atoms with Crippen molar-refractivity contribution in [3.8, 4) is 0 Å². The summed E-state index contributed by atoms with van der Waals surface area (Å²) in [6.45, 7) is 0.562. The van der Waals surface area contributed by atoms with Crippen LogP contribution in [0.5, 0.6) is 0 Å². The SMILES string of the molecule is NCC1=CCC(N)(N)C=C1. The van der Waals surface area contributed by atoms with Crippen LogP contribution in [0.2, 0.25) is 0 Å². The van der Waals surface area contributed by atoms with Crippen LogP contribution >= 0.6 is 0 Å². The molecule has 1 rings (SSSR count). The second-order valence-electron chi connectivity index (χ2n) is 2.63. The summed E-state index contributed by atoms with van der Waals surface area (Å²) in [5, 5.41) is 0. The molecule has 0 aromatic heterocycles. The summed E-state index contributed by atoms with van der Waals surface area (Å²) in [4.78, 5) is 0. The molecule has 0 unspecified atom stereocenters. The van der Waals surface area contributed by atoms with Gasteiger partial charge in [0.2, 0.25) is 0 Å². The third kappa shape index (κ3) is 1.67. The molecule has 0 atom stereocenters. The standard InChI is InChI=1S/C7H13N3/c8-5-6-1-3-7(9,10)4-2-6/h1-3H,4-5,8-10H2. The fourth-order valence-electron chi connectivity index (χ4n) is 0.858. The Balaban J connectivity index is 2.63. The molecule has 10 heavy (non-hydrogen) atoms. The van der Waals surface area contributed by atoms with Gasteiger partial charge in [0.15, 0.2) is 0 Å². The summed E-state index contributed by atoms with van der Waals surface area (Å²) in [5.41, 5.74) is 17.0. The molecule has 3 heteroatoms. The van der Waals surface area contributed by atoms with Crippen molar-refractivity contribution in [2.75, 3.05) is 6.54 Å². The van der Waals surface area contributed by atoms with Crippen molar-refractivity contribution < 1.29 is 0 Å². The lowest BCUT2D eigenvalue weighted by molar-refractivity contribution is 0.554. The Morgan fingerprint density at radius 2 is 2.20 bits per heavy atom. The summed E-state index contributed by atoms with van der Waals surface area (Å²) in [6, 6.07) is 0. The van der Waals surface area contributed by atoms with E-state index in [-0.39, 0.29) is 0 Å². The third-order valence-electron chi connectivity index (χ3n) is 1.56. The van der Waals surface area contributed by atoms with Crippen LogP contribution in [0.4, 0.5) is 0 Å². The van der Waals surface area contributed by atoms with Gasteiger partial charge in [-0.2, -0.15) is 0 Å². The molecule has 0 spiro atoms. The van der Waals surface area contributed by atoms with Crippen molar-refractivity contribution in [2.45, 2.75) is 12.1 Å². The lowest BCUT2D eigenvalue weighted by atomic mass is 9.99. The van der Waals surface area contributed by atoms with Crippen LogP contribution in [0.25, 0.3) is 0 Å². The van der Waals surface area contributed by atoms with Gasteiger partial charge in [-0.3, -0.25) is 0 Å². The number of rotatable bonds is 1. The minimum atomic E-state index is -0.654. The molecule has 1 aliphatic carbocycles. The zero-order valence-electron chi connectivity index (χ0n) is 5.88. The topological polar surface area (TPSA) is 78.1 Å². The van der Waals surface area contributed by atoms with Crippen molar-refractivity contribution in [1.82, 2.24) is 0 Å². The normalized spacial score (nSPS) is 22.5. The smallest absolute Gasteiger partial charge is 0.0867 e. The molecule has 0 radical (unpaired) electrons. The van der Waals surface area contributed by atoms with Gasteiger partial charge in [-0.15, -0.1) is 0 Å². The van der Waals surface area contributed by atoms with Gasteiger partial charge >= 0.3 is 0 Å². The van der Waals surface area contributed by atoms with E-state index in [1.807, 2.05) is 12.2 Å². The molecule has 6 N–H and O–H groups in total. The van der Waals surface area contributed by atoms with Crippen molar-refractivity contribution >= 4 is 0 Å². The molecule has 0 fully saturated rings. The van der Waals surface area contributed by atoms with Crippen LogP contribution in [-0.4, -0.2) is 12.2 Å². The van der Waals surface area contributed by atoms with Gasteiger partial charge in [0.25, 0.3) is 0 Å². The Bertz CT molecular complexity index is 179.